The summed E-state index contributed by atoms with van der Waals surface area (Å²) in [6.07, 6.45) is 2.56. The van der Waals surface area contributed by atoms with Gasteiger partial charge in [-0.05, 0) is 35.4 Å². The maximum absolute atomic E-state index is 12.2. The molecule has 0 radical (unpaired) electrons. The molecule has 30 heavy (non-hydrogen) atoms. The van der Waals surface area contributed by atoms with Crippen molar-refractivity contribution in [2.75, 3.05) is 13.7 Å². The Morgan fingerprint density at radius 2 is 1.80 bits per heavy atom. The highest BCUT2D eigenvalue weighted by molar-refractivity contribution is 5.79. The number of aliphatic imine (C=N–C) groups is 1. The second-order valence-electron chi connectivity index (χ2n) is 6.32. The lowest BCUT2D eigenvalue weighted by atomic mass is 10.2. The maximum atomic E-state index is 12.2. The van der Waals surface area contributed by atoms with Gasteiger partial charge in [0.15, 0.2) is 12.6 Å². The third-order valence-electron chi connectivity index (χ3n) is 4.05. The van der Waals surface area contributed by atoms with E-state index in [2.05, 4.69) is 25.6 Å². The molecule has 0 atom stereocenters. The van der Waals surface area contributed by atoms with E-state index >= 15 is 0 Å². The lowest BCUT2D eigenvalue weighted by Crippen LogP contribution is -2.36. The first kappa shape index (κ1) is 21.2. The van der Waals surface area contributed by atoms with Crippen molar-refractivity contribution in [2.24, 2.45) is 4.99 Å². The maximum Gasteiger partial charge on any atom is 0.422 e. The average Bonchev–Trinajstić information content (AvgIpc) is 3.28. The number of nitrogens with zero attached hydrogens (tertiary/aromatic N) is 4. The van der Waals surface area contributed by atoms with Gasteiger partial charge in [-0.3, -0.25) is 9.56 Å². The Labute approximate surface area is 171 Å². The van der Waals surface area contributed by atoms with Crippen LogP contribution in [0.2, 0.25) is 0 Å². The summed E-state index contributed by atoms with van der Waals surface area (Å²) in [4.78, 5) is 12.5. The van der Waals surface area contributed by atoms with Crippen LogP contribution in [0.5, 0.6) is 5.75 Å². The predicted octanol–water partition coefficient (Wildman–Crippen LogP) is 3.07. The van der Waals surface area contributed by atoms with E-state index in [0.717, 1.165) is 16.9 Å². The van der Waals surface area contributed by atoms with Crippen LogP contribution in [0.15, 0.2) is 66.3 Å². The molecular formula is C20H21F3N6O. The van der Waals surface area contributed by atoms with Gasteiger partial charge in [-0.2, -0.15) is 13.2 Å². The minimum atomic E-state index is -4.35. The van der Waals surface area contributed by atoms with Crippen LogP contribution in [0.3, 0.4) is 0 Å². The molecule has 0 fully saturated rings. The highest BCUT2D eigenvalue weighted by atomic mass is 19.4. The van der Waals surface area contributed by atoms with E-state index < -0.39 is 12.8 Å². The van der Waals surface area contributed by atoms with Gasteiger partial charge in [-0.25, -0.2) is 9.97 Å². The van der Waals surface area contributed by atoms with Gasteiger partial charge in [0.25, 0.3) is 0 Å². The summed E-state index contributed by atoms with van der Waals surface area (Å²) in [5.41, 5.74) is 1.89. The summed E-state index contributed by atoms with van der Waals surface area (Å²) in [5.74, 6) is 1.53. The molecule has 2 aromatic heterocycles. The molecule has 0 spiro atoms. The average molecular weight is 418 g/mol. The summed E-state index contributed by atoms with van der Waals surface area (Å²) in [7, 11) is 1.66. The van der Waals surface area contributed by atoms with Crippen molar-refractivity contribution in [1.82, 2.24) is 25.2 Å². The standard InChI is InChI=1S/C20H21F3N6O/c1-24-19(27-11-15-2-4-17(5-3-15)30-13-20(21,22)23)28-12-16-6-7-26-18(10-16)29-9-8-25-14-29/h2-10,14H,11-13H2,1H3,(H2,24,27,28). The first-order valence-corrected chi connectivity index (χ1v) is 9.09. The molecule has 0 saturated carbocycles. The number of guanidine groups is 1. The van der Waals surface area contributed by atoms with E-state index in [1.807, 2.05) is 22.9 Å². The first-order valence-electron chi connectivity index (χ1n) is 9.09. The minimum Gasteiger partial charge on any atom is -0.484 e. The third kappa shape index (κ3) is 6.50. The van der Waals surface area contributed by atoms with Crippen molar-refractivity contribution in [2.45, 2.75) is 19.3 Å². The summed E-state index contributed by atoms with van der Waals surface area (Å²) >= 11 is 0. The normalized spacial score (nSPS) is 11.9. The molecule has 3 rings (SSSR count). The predicted molar refractivity (Wildman–Crippen MR) is 106 cm³/mol. The van der Waals surface area contributed by atoms with Crippen LogP contribution in [0.25, 0.3) is 5.82 Å². The molecular weight excluding hydrogens is 397 g/mol. The Bertz CT molecular complexity index is 955. The van der Waals surface area contributed by atoms with Crippen LogP contribution >= 0.6 is 0 Å². The SMILES string of the molecule is CN=C(NCc1ccc(OCC(F)(F)F)cc1)NCc1ccnc(-n2ccnc2)c1. The molecule has 7 nitrogen and oxygen atoms in total. The second-order valence-corrected chi connectivity index (χ2v) is 6.32. The van der Waals surface area contributed by atoms with E-state index in [4.69, 9.17) is 4.74 Å². The number of ether oxygens (including phenoxy) is 1. The number of halogens is 3. The van der Waals surface area contributed by atoms with Crippen molar-refractivity contribution in [3.8, 4) is 11.6 Å². The van der Waals surface area contributed by atoms with Gasteiger partial charge in [-0.1, -0.05) is 12.1 Å². The van der Waals surface area contributed by atoms with E-state index in [1.165, 1.54) is 12.1 Å². The number of benzene rings is 1. The molecule has 0 unspecified atom stereocenters. The quantitative estimate of drug-likeness (QED) is 0.456. The molecule has 10 heteroatoms. The number of rotatable bonds is 7. The number of imidazole rings is 1. The van der Waals surface area contributed by atoms with Gasteiger partial charge in [0.1, 0.15) is 17.9 Å². The number of nitrogens with one attached hydrogen (secondary N) is 2. The zero-order valence-electron chi connectivity index (χ0n) is 16.2. The van der Waals surface area contributed by atoms with E-state index in [9.17, 15) is 13.2 Å². The number of hydrogen-bond acceptors (Lipinski definition) is 4. The van der Waals surface area contributed by atoms with Gasteiger partial charge in [0, 0.05) is 38.7 Å². The number of hydrogen-bond donors (Lipinski definition) is 2. The van der Waals surface area contributed by atoms with Gasteiger partial charge in [0.05, 0.1) is 0 Å². The summed E-state index contributed by atoms with van der Waals surface area (Å²) in [6, 6.07) is 10.3. The fourth-order valence-corrected chi connectivity index (χ4v) is 2.57. The Morgan fingerprint density at radius 3 is 2.43 bits per heavy atom. The van der Waals surface area contributed by atoms with Crippen LogP contribution in [-0.4, -0.2) is 40.3 Å². The van der Waals surface area contributed by atoms with E-state index in [0.29, 0.717) is 19.0 Å². The largest absolute Gasteiger partial charge is 0.484 e. The summed E-state index contributed by atoms with van der Waals surface area (Å²) < 4.78 is 43.1. The fourth-order valence-electron chi connectivity index (χ4n) is 2.57. The lowest BCUT2D eigenvalue weighted by molar-refractivity contribution is -0.153. The molecule has 2 heterocycles. The minimum absolute atomic E-state index is 0.171. The Balaban J connectivity index is 1.49. The van der Waals surface area contributed by atoms with Crippen LogP contribution in [0.1, 0.15) is 11.1 Å². The van der Waals surface area contributed by atoms with Crippen LogP contribution in [-0.2, 0) is 13.1 Å². The third-order valence-corrected chi connectivity index (χ3v) is 4.05. The summed E-state index contributed by atoms with van der Waals surface area (Å²) in [6.45, 7) is -0.317. The van der Waals surface area contributed by atoms with Crippen molar-refractivity contribution >= 4 is 5.96 Å². The lowest BCUT2D eigenvalue weighted by Gasteiger charge is -2.13. The number of pyridine rings is 1. The van der Waals surface area contributed by atoms with E-state index in [-0.39, 0.29) is 5.75 Å². The van der Waals surface area contributed by atoms with Gasteiger partial charge < -0.3 is 15.4 Å². The van der Waals surface area contributed by atoms with Crippen molar-refractivity contribution in [3.05, 3.63) is 72.4 Å². The zero-order chi connectivity index (χ0) is 21.4. The Morgan fingerprint density at radius 1 is 1.07 bits per heavy atom. The second kappa shape index (κ2) is 9.77. The molecule has 0 aliphatic heterocycles. The van der Waals surface area contributed by atoms with Crippen molar-refractivity contribution in [3.63, 3.8) is 0 Å². The van der Waals surface area contributed by atoms with Crippen molar-refractivity contribution in [1.29, 1.82) is 0 Å². The van der Waals surface area contributed by atoms with Gasteiger partial charge in [-0.15, -0.1) is 0 Å². The number of aromatic nitrogens is 3. The van der Waals surface area contributed by atoms with Gasteiger partial charge in [0.2, 0.25) is 0 Å². The Hall–Kier alpha value is -3.56. The van der Waals surface area contributed by atoms with Gasteiger partial charge >= 0.3 is 6.18 Å². The zero-order valence-corrected chi connectivity index (χ0v) is 16.2. The van der Waals surface area contributed by atoms with Crippen LogP contribution in [0.4, 0.5) is 13.2 Å². The molecule has 0 amide bonds. The molecule has 0 bridgehead atoms. The molecule has 0 aliphatic carbocycles. The molecule has 2 N–H and O–H groups in total. The van der Waals surface area contributed by atoms with Crippen molar-refractivity contribution < 1.29 is 17.9 Å². The fraction of sp³-hybridized carbons (Fsp3) is 0.250. The summed E-state index contributed by atoms with van der Waals surface area (Å²) in [5, 5.41) is 6.37. The van der Waals surface area contributed by atoms with E-state index in [1.54, 1.807) is 37.9 Å². The highest BCUT2D eigenvalue weighted by Gasteiger charge is 2.28. The molecule has 158 valence electrons. The first-order chi connectivity index (χ1) is 14.4. The Kier molecular flexibility index (Phi) is 6.89. The van der Waals surface area contributed by atoms with Crippen LogP contribution in [0, 0.1) is 0 Å². The van der Waals surface area contributed by atoms with Crippen LogP contribution < -0.4 is 15.4 Å². The smallest absolute Gasteiger partial charge is 0.422 e. The molecule has 0 aliphatic rings. The molecule has 1 aromatic carbocycles. The highest BCUT2D eigenvalue weighted by Crippen LogP contribution is 2.18. The molecule has 3 aromatic rings. The number of alkyl halides is 3. The monoisotopic (exact) mass is 418 g/mol. The topological polar surface area (TPSA) is 76.4 Å². The molecule has 0 saturated heterocycles.